The zero-order chi connectivity index (χ0) is 18.5. The van der Waals surface area contributed by atoms with Gasteiger partial charge in [-0.25, -0.2) is 9.97 Å². The number of aromatic nitrogens is 4. The van der Waals surface area contributed by atoms with Gasteiger partial charge in [0, 0.05) is 5.56 Å². The summed E-state index contributed by atoms with van der Waals surface area (Å²) < 4.78 is 7.15. The van der Waals surface area contributed by atoms with Gasteiger partial charge in [0.25, 0.3) is 0 Å². The molecule has 2 aromatic heterocycles. The van der Waals surface area contributed by atoms with Crippen molar-refractivity contribution in [3.63, 3.8) is 0 Å². The second kappa shape index (κ2) is 5.99. The molecule has 0 radical (unpaired) electrons. The molecule has 0 spiro atoms. The highest BCUT2D eigenvalue weighted by atomic mass is 16.6. The minimum absolute atomic E-state index is 0.0509. The molecular formula is C17H19N5O4. The van der Waals surface area contributed by atoms with E-state index in [4.69, 9.17) is 10.5 Å². The van der Waals surface area contributed by atoms with Gasteiger partial charge in [0.2, 0.25) is 5.95 Å². The van der Waals surface area contributed by atoms with Crippen LogP contribution in [0.25, 0.3) is 22.4 Å². The van der Waals surface area contributed by atoms with Gasteiger partial charge in [0.05, 0.1) is 12.9 Å². The van der Waals surface area contributed by atoms with Crippen molar-refractivity contribution in [2.75, 3.05) is 12.3 Å². The third-order valence-corrected chi connectivity index (χ3v) is 4.67. The van der Waals surface area contributed by atoms with Crippen molar-refractivity contribution in [1.29, 1.82) is 0 Å². The van der Waals surface area contributed by atoms with E-state index in [2.05, 4.69) is 15.0 Å². The van der Waals surface area contributed by atoms with Gasteiger partial charge in [-0.1, -0.05) is 30.3 Å². The number of imidazole rings is 1. The van der Waals surface area contributed by atoms with Crippen molar-refractivity contribution in [3.05, 3.63) is 36.7 Å². The van der Waals surface area contributed by atoms with Gasteiger partial charge in [0.15, 0.2) is 11.9 Å². The van der Waals surface area contributed by atoms with Crippen LogP contribution in [0, 0.1) is 0 Å². The molecule has 9 nitrogen and oxygen atoms in total. The lowest BCUT2D eigenvalue weighted by atomic mass is 9.96. The lowest BCUT2D eigenvalue weighted by molar-refractivity contribution is -0.0950. The maximum Gasteiger partial charge on any atom is 0.222 e. The number of nitrogens with zero attached hydrogens (tertiary/aromatic N) is 4. The minimum Gasteiger partial charge on any atom is -0.394 e. The van der Waals surface area contributed by atoms with Crippen molar-refractivity contribution in [3.8, 4) is 11.3 Å². The van der Waals surface area contributed by atoms with Crippen LogP contribution in [-0.4, -0.2) is 59.3 Å². The van der Waals surface area contributed by atoms with E-state index < -0.39 is 30.6 Å². The lowest BCUT2D eigenvalue weighted by Gasteiger charge is -2.27. The van der Waals surface area contributed by atoms with Crippen LogP contribution in [0.15, 0.2) is 36.7 Å². The van der Waals surface area contributed by atoms with Crippen LogP contribution in [0.2, 0.25) is 0 Å². The molecule has 0 saturated carbocycles. The van der Waals surface area contributed by atoms with Crippen molar-refractivity contribution in [2.24, 2.45) is 0 Å². The maximum absolute atomic E-state index is 10.7. The predicted octanol–water partition coefficient (Wildman–Crippen LogP) is 0.0771. The normalized spacial score (nSPS) is 28.7. The fourth-order valence-electron chi connectivity index (χ4n) is 3.29. The van der Waals surface area contributed by atoms with Crippen molar-refractivity contribution in [2.45, 2.75) is 31.0 Å². The second-order valence-corrected chi connectivity index (χ2v) is 6.50. The Morgan fingerprint density at radius 2 is 2.00 bits per heavy atom. The number of benzene rings is 1. The number of fused-ring (bicyclic) bond motifs is 1. The number of hydrogen-bond acceptors (Lipinski definition) is 8. The van der Waals surface area contributed by atoms with E-state index in [0.717, 1.165) is 5.56 Å². The fraction of sp³-hybridized carbons (Fsp3) is 0.353. The highest BCUT2D eigenvalue weighted by molar-refractivity contribution is 5.88. The molecule has 1 unspecified atom stereocenters. The smallest absolute Gasteiger partial charge is 0.222 e. The van der Waals surface area contributed by atoms with Gasteiger partial charge in [-0.15, -0.1) is 0 Å². The number of ether oxygens (including phenoxy) is 1. The van der Waals surface area contributed by atoms with Gasteiger partial charge < -0.3 is 25.8 Å². The van der Waals surface area contributed by atoms with Crippen LogP contribution in [0.3, 0.4) is 0 Å². The molecule has 9 heteroatoms. The molecule has 1 aliphatic heterocycles. The monoisotopic (exact) mass is 357 g/mol. The van der Waals surface area contributed by atoms with Crippen molar-refractivity contribution in [1.82, 2.24) is 19.5 Å². The Bertz CT molecular complexity index is 943. The molecule has 4 rings (SSSR count). The topological polar surface area (TPSA) is 140 Å². The maximum atomic E-state index is 10.7. The van der Waals surface area contributed by atoms with E-state index in [1.165, 1.54) is 17.8 Å². The quantitative estimate of drug-likeness (QED) is 0.517. The molecule has 0 bridgehead atoms. The predicted molar refractivity (Wildman–Crippen MR) is 92.8 cm³/mol. The number of nitrogens with two attached hydrogens (primary N) is 1. The van der Waals surface area contributed by atoms with Crippen LogP contribution in [0.1, 0.15) is 13.2 Å². The van der Waals surface area contributed by atoms with Gasteiger partial charge >= 0.3 is 0 Å². The van der Waals surface area contributed by atoms with E-state index in [9.17, 15) is 15.3 Å². The molecule has 26 heavy (non-hydrogen) atoms. The molecule has 1 fully saturated rings. The van der Waals surface area contributed by atoms with Gasteiger partial charge in [-0.3, -0.25) is 4.57 Å². The molecule has 4 atom stereocenters. The Morgan fingerprint density at radius 1 is 1.27 bits per heavy atom. The van der Waals surface area contributed by atoms with Gasteiger partial charge in [-0.05, 0) is 6.92 Å². The summed E-state index contributed by atoms with van der Waals surface area (Å²) in [5.41, 5.74) is 6.48. The number of anilines is 1. The van der Waals surface area contributed by atoms with Crippen molar-refractivity contribution < 1.29 is 20.1 Å². The highest BCUT2D eigenvalue weighted by Crippen LogP contribution is 2.40. The number of aliphatic hydroxyl groups is 3. The summed E-state index contributed by atoms with van der Waals surface area (Å²) in [5.74, 6) is 0.0509. The Labute approximate surface area is 148 Å². The van der Waals surface area contributed by atoms with E-state index >= 15 is 0 Å². The van der Waals surface area contributed by atoms with E-state index in [1.54, 1.807) is 0 Å². The number of aliphatic hydroxyl groups excluding tert-OH is 2. The van der Waals surface area contributed by atoms with Crippen LogP contribution in [0.5, 0.6) is 0 Å². The van der Waals surface area contributed by atoms with E-state index in [0.29, 0.717) is 16.9 Å². The first-order valence-corrected chi connectivity index (χ1v) is 8.15. The summed E-state index contributed by atoms with van der Waals surface area (Å²) in [6, 6.07) is 9.42. The average molecular weight is 357 g/mol. The molecule has 136 valence electrons. The highest BCUT2D eigenvalue weighted by Gasteiger charge is 2.53. The van der Waals surface area contributed by atoms with E-state index in [-0.39, 0.29) is 5.95 Å². The Kier molecular flexibility index (Phi) is 3.88. The first-order chi connectivity index (χ1) is 12.4. The molecular weight excluding hydrogens is 338 g/mol. The zero-order valence-corrected chi connectivity index (χ0v) is 14.0. The summed E-state index contributed by atoms with van der Waals surface area (Å²) in [4.78, 5) is 12.9. The molecule has 0 aliphatic carbocycles. The zero-order valence-electron chi connectivity index (χ0n) is 14.0. The van der Waals surface area contributed by atoms with Crippen LogP contribution in [0.4, 0.5) is 5.95 Å². The summed E-state index contributed by atoms with van der Waals surface area (Å²) in [6.45, 7) is 1.01. The fourth-order valence-corrected chi connectivity index (χ4v) is 3.29. The molecule has 3 heterocycles. The van der Waals surface area contributed by atoms with Crippen molar-refractivity contribution >= 4 is 17.1 Å². The van der Waals surface area contributed by atoms with Gasteiger partial charge in [0.1, 0.15) is 29.0 Å². The Hall–Kier alpha value is -2.59. The Balaban J connectivity index is 1.88. The Morgan fingerprint density at radius 3 is 2.65 bits per heavy atom. The van der Waals surface area contributed by atoms with Crippen LogP contribution < -0.4 is 5.73 Å². The summed E-state index contributed by atoms with van der Waals surface area (Å²) in [6.07, 6.45) is -1.71. The minimum atomic E-state index is -1.65. The molecule has 3 aromatic rings. The van der Waals surface area contributed by atoms with E-state index in [1.807, 2.05) is 30.3 Å². The second-order valence-electron chi connectivity index (χ2n) is 6.50. The largest absolute Gasteiger partial charge is 0.394 e. The number of nitrogen functional groups attached to an aromatic ring is 1. The molecule has 1 aliphatic rings. The lowest BCUT2D eigenvalue weighted by Crippen LogP contribution is -2.44. The molecule has 0 amide bonds. The SMILES string of the molecule is C[C@]1(O)C(n2cnc3c(-c4ccccc4)nc(N)nc32)O[C@H](CO)[C@H]1O. The summed E-state index contributed by atoms with van der Waals surface area (Å²) in [5, 5.41) is 30.3. The van der Waals surface area contributed by atoms with Gasteiger partial charge in [-0.2, -0.15) is 4.98 Å². The third-order valence-electron chi connectivity index (χ3n) is 4.67. The van der Waals surface area contributed by atoms with Crippen LogP contribution >= 0.6 is 0 Å². The summed E-state index contributed by atoms with van der Waals surface area (Å²) in [7, 11) is 0. The standard InChI is InChI=1S/C17H19N5O4/c1-17(25)13(24)10(7-23)26-15(17)22-8-19-12-11(9-5-3-2-4-6-9)20-16(18)21-14(12)22/h2-6,8,10,13,15,23-25H,7H2,1H3,(H2,18,20,21)/t10-,13-,15?,17-/m1/s1. The average Bonchev–Trinajstić information content (AvgIpc) is 3.14. The molecule has 5 N–H and O–H groups in total. The third kappa shape index (κ3) is 2.44. The number of hydrogen-bond donors (Lipinski definition) is 4. The van der Waals surface area contributed by atoms with Crippen LogP contribution in [-0.2, 0) is 4.74 Å². The summed E-state index contributed by atoms with van der Waals surface area (Å²) >= 11 is 0. The number of rotatable bonds is 3. The molecule has 1 saturated heterocycles. The first-order valence-electron chi connectivity index (χ1n) is 8.15. The first kappa shape index (κ1) is 16.9. The molecule has 1 aromatic carbocycles.